The number of aromatic amines is 1. The Balaban J connectivity index is 2.11. The van der Waals surface area contributed by atoms with E-state index in [-0.39, 0.29) is 0 Å². The Bertz CT molecular complexity index is 722. The summed E-state index contributed by atoms with van der Waals surface area (Å²) in [5.74, 6) is 4.60. The summed E-state index contributed by atoms with van der Waals surface area (Å²) < 4.78 is 11.9. The molecular weight excluding hydrogens is 284 g/mol. The van der Waals surface area contributed by atoms with Gasteiger partial charge in [-0.3, -0.25) is 9.31 Å². The van der Waals surface area contributed by atoms with Gasteiger partial charge in [-0.1, -0.05) is 11.6 Å². The summed E-state index contributed by atoms with van der Waals surface area (Å²) in [4.78, 5) is 0. The number of aromatic nitrogens is 2. The fourth-order valence-electron chi connectivity index (χ4n) is 2.59. The van der Waals surface area contributed by atoms with Crippen LogP contribution in [0.5, 0.6) is 0 Å². The Kier molecular flexibility index (Phi) is 2.89. The van der Waals surface area contributed by atoms with Gasteiger partial charge in [0.15, 0.2) is 0 Å². The number of hydrogen-bond donors (Lipinski definition) is 2. The van der Waals surface area contributed by atoms with Crippen molar-refractivity contribution in [3.05, 3.63) is 28.9 Å². The van der Waals surface area contributed by atoms with Gasteiger partial charge in [0.1, 0.15) is 0 Å². The highest BCUT2D eigenvalue weighted by molar-refractivity contribution is 8.00. The van der Waals surface area contributed by atoms with Gasteiger partial charge in [-0.05, 0) is 40.4 Å². The van der Waals surface area contributed by atoms with Gasteiger partial charge in [-0.2, -0.15) is 5.10 Å². The molecule has 0 aliphatic carbocycles. The SMILES string of the molecule is C=S1(=O)CCC(O)(c2cc(Cl)cc3cn[nH]c23)CC1. The summed E-state index contributed by atoms with van der Waals surface area (Å²) in [6, 6.07) is 3.57. The number of halogens is 1. The Morgan fingerprint density at radius 3 is 2.79 bits per heavy atom. The van der Waals surface area contributed by atoms with Crippen molar-refractivity contribution in [1.82, 2.24) is 10.2 Å². The van der Waals surface area contributed by atoms with E-state index in [2.05, 4.69) is 16.1 Å². The lowest BCUT2D eigenvalue weighted by Gasteiger charge is -2.34. The van der Waals surface area contributed by atoms with Crippen molar-refractivity contribution in [2.24, 2.45) is 0 Å². The number of nitrogens with zero attached hydrogens (tertiary/aromatic N) is 1. The van der Waals surface area contributed by atoms with Crippen molar-refractivity contribution in [2.45, 2.75) is 18.4 Å². The topological polar surface area (TPSA) is 66.0 Å². The second kappa shape index (κ2) is 4.23. The first-order valence-corrected chi connectivity index (χ1v) is 8.52. The lowest BCUT2D eigenvalue weighted by molar-refractivity contribution is 0.0284. The van der Waals surface area contributed by atoms with Gasteiger partial charge in [0, 0.05) is 27.5 Å². The molecule has 0 unspecified atom stereocenters. The van der Waals surface area contributed by atoms with E-state index in [0.29, 0.717) is 29.4 Å². The van der Waals surface area contributed by atoms with Crippen LogP contribution < -0.4 is 0 Å². The molecule has 0 radical (unpaired) electrons. The predicted octanol–water partition coefficient (Wildman–Crippen LogP) is 1.91. The van der Waals surface area contributed by atoms with Gasteiger partial charge in [-0.15, -0.1) is 0 Å². The summed E-state index contributed by atoms with van der Waals surface area (Å²) in [5, 5.41) is 19.2. The summed E-state index contributed by atoms with van der Waals surface area (Å²) in [5.41, 5.74) is 0.528. The number of nitrogens with one attached hydrogen (secondary N) is 1. The maximum atomic E-state index is 11.9. The van der Waals surface area contributed by atoms with E-state index >= 15 is 0 Å². The molecule has 1 aromatic carbocycles. The first-order valence-electron chi connectivity index (χ1n) is 6.08. The van der Waals surface area contributed by atoms with Crippen molar-refractivity contribution in [3.63, 3.8) is 0 Å². The summed E-state index contributed by atoms with van der Waals surface area (Å²) in [6.07, 6.45) is 2.55. The van der Waals surface area contributed by atoms with Crippen LogP contribution >= 0.6 is 11.6 Å². The van der Waals surface area contributed by atoms with Crippen molar-refractivity contribution >= 4 is 37.9 Å². The summed E-state index contributed by atoms with van der Waals surface area (Å²) in [7, 11) is -2.03. The monoisotopic (exact) mass is 298 g/mol. The minimum Gasteiger partial charge on any atom is -0.385 e. The number of aliphatic hydroxyl groups is 1. The van der Waals surface area contributed by atoms with Crippen LogP contribution in [0.1, 0.15) is 18.4 Å². The largest absolute Gasteiger partial charge is 0.385 e. The summed E-state index contributed by atoms with van der Waals surface area (Å²) >= 11 is 6.10. The molecule has 2 heterocycles. The third-order valence-corrected chi connectivity index (χ3v) is 5.90. The average Bonchev–Trinajstić information content (AvgIpc) is 2.80. The number of fused-ring (bicyclic) bond motifs is 1. The maximum absolute atomic E-state index is 11.9. The number of benzene rings is 1. The average molecular weight is 299 g/mol. The van der Waals surface area contributed by atoms with Crippen LogP contribution in [0.25, 0.3) is 10.9 Å². The second-order valence-corrected chi connectivity index (χ2v) is 8.38. The van der Waals surface area contributed by atoms with Crippen molar-refractivity contribution < 1.29 is 9.32 Å². The molecule has 2 aromatic rings. The highest BCUT2D eigenvalue weighted by atomic mass is 35.5. The molecule has 1 aliphatic rings. The minimum absolute atomic E-state index is 0.434. The molecule has 1 aliphatic heterocycles. The lowest BCUT2D eigenvalue weighted by Crippen LogP contribution is -2.37. The Morgan fingerprint density at radius 2 is 2.11 bits per heavy atom. The molecule has 0 saturated carbocycles. The van der Waals surface area contributed by atoms with Crippen LogP contribution in [0.15, 0.2) is 18.3 Å². The first-order chi connectivity index (χ1) is 8.90. The fraction of sp³-hybridized carbons (Fsp3) is 0.385. The third kappa shape index (κ3) is 2.26. The molecular formula is C13H15ClN2O2S. The van der Waals surface area contributed by atoms with Gasteiger partial charge in [0.2, 0.25) is 0 Å². The standard InChI is InChI=1S/C13H15ClN2O2S/c1-19(18)4-2-13(17,3-5-19)11-7-10(14)6-9-8-15-16-12(9)11/h6-8,17H,1-5H2,(H,15,16). The van der Waals surface area contributed by atoms with Crippen molar-refractivity contribution in [1.29, 1.82) is 0 Å². The van der Waals surface area contributed by atoms with Crippen molar-refractivity contribution in [2.75, 3.05) is 11.5 Å². The van der Waals surface area contributed by atoms with Crippen LogP contribution in [0, 0.1) is 0 Å². The van der Waals surface area contributed by atoms with E-state index in [4.69, 9.17) is 11.6 Å². The number of rotatable bonds is 1. The van der Waals surface area contributed by atoms with E-state index in [1.807, 2.05) is 0 Å². The van der Waals surface area contributed by atoms with Crippen LogP contribution in [-0.4, -0.2) is 36.9 Å². The zero-order valence-corrected chi connectivity index (χ0v) is 11.9. The van der Waals surface area contributed by atoms with E-state index in [0.717, 1.165) is 16.5 Å². The Hall–Kier alpha value is -1.04. The molecule has 1 aromatic heterocycles. The van der Waals surface area contributed by atoms with E-state index < -0.39 is 15.1 Å². The highest BCUT2D eigenvalue weighted by Crippen LogP contribution is 2.38. The zero-order chi connectivity index (χ0) is 13.7. The highest BCUT2D eigenvalue weighted by Gasteiger charge is 2.36. The van der Waals surface area contributed by atoms with Crippen molar-refractivity contribution in [3.8, 4) is 0 Å². The second-order valence-electron chi connectivity index (χ2n) is 5.19. The van der Waals surface area contributed by atoms with Crippen LogP contribution in [0.2, 0.25) is 5.02 Å². The molecule has 1 saturated heterocycles. The molecule has 1 fully saturated rings. The maximum Gasteiger partial charge on any atom is 0.0935 e. The molecule has 0 atom stereocenters. The molecule has 0 amide bonds. The Morgan fingerprint density at radius 1 is 1.42 bits per heavy atom. The van der Waals surface area contributed by atoms with Crippen LogP contribution in [0.4, 0.5) is 0 Å². The lowest BCUT2D eigenvalue weighted by atomic mass is 9.87. The van der Waals surface area contributed by atoms with Crippen LogP contribution in [-0.2, 0) is 15.1 Å². The molecule has 6 heteroatoms. The van der Waals surface area contributed by atoms with Gasteiger partial charge in [0.05, 0.1) is 17.3 Å². The zero-order valence-electron chi connectivity index (χ0n) is 10.4. The summed E-state index contributed by atoms with van der Waals surface area (Å²) in [6.45, 7) is 0. The fourth-order valence-corrected chi connectivity index (χ4v) is 4.44. The van der Waals surface area contributed by atoms with Gasteiger partial charge >= 0.3 is 0 Å². The van der Waals surface area contributed by atoms with E-state index in [1.165, 1.54) is 0 Å². The molecule has 4 nitrogen and oxygen atoms in total. The normalized spacial score (nSPS) is 31.7. The predicted molar refractivity (Wildman–Crippen MR) is 79.2 cm³/mol. The molecule has 2 N–H and O–H groups in total. The molecule has 19 heavy (non-hydrogen) atoms. The molecule has 3 rings (SSSR count). The quantitative estimate of drug-likeness (QED) is 0.791. The van der Waals surface area contributed by atoms with Gasteiger partial charge < -0.3 is 5.11 Å². The number of hydrogen-bond acceptors (Lipinski definition) is 3. The van der Waals surface area contributed by atoms with E-state index in [9.17, 15) is 9.32 Å². The van der Waals surface area contributed by atoms with Gasteiger partial charge in [0.25, 0.3) is 0 Å². The van der Waals surface area contributed by atoms with Gasteiger partial charge in [-0.25, -0.2) is 0 Å². The molecule has 0 spiro atoms. The third-order valence-electron chi connectivity index (χ3n) is 3.79. The first kappa shape index (κ1) is 13.0. The smallest absolute Gasteiger partial charge is 0.0935 e. The number of H-pyrrole nitrogens is 1. The van der Waals surface area contributed by atoms with Crippen LogP contribution in [0.3, 0.4) is 0 Å². The Labute approximate surface area is 116 Å². The molecule has 0 bridgehead atoms. The minimum atomic E-state index is -2.03. The molecule has 102 valence electrons. The van der Waals surface area contributed by atoms with E-state index in [1.54, 1.807) is 18.3 Å².